The van der Waals surface area contributed by atoms with Crippen LogP contribution >= 0.6 is 11.6 Å². The number of rotatable bonds is 5. The Morgan fingerprint density at radius 2 is 2.10 bits per heavy atom. The molecule has 0 fully saturated rings. The standard InChI is InChI=1S/C14H17ClF3N3/c1-9(2)5-6-20-8-10(7-19)11-3-4-12(14(16,17)18)21-13(11)15/h3-4,7-9H,5-6,19H2,1-2H3/b10-7+,20-8?. The predicted molar refractivity (Wildman–Crippen MR) is 79.2 cm³/mol. The van der Waals surface area contributed by atoms with Gasteiger partial charge in [0, 0.05) is 30.1 Å². The fraction of sp³-hybridized carbons (Fsp3) is 0.429. The molecule has 7 heteroatoms. The van der Waals surface area contributed by atoms with Crippen molar-refractivity contribution in [2.45, 2.75) is 26.4 Å². The minimum absolute atomic E-state index is 0.253. The SMILES string of the molecule is CC(C)CCN=C/C(=C\N)c1ccc(C(F)(F)F)nc1Cl. The van der Waals surface area contributed by atoms with Crippen molar-refractivity contribution in [2.24, 2.45) is 16.6 Å². The first kappa shape index (κ1) is 17.5. The zero-order valence-electron chi connectivity index (χ0n) is 11.8. The van der Waals surface area contributed by atoms with Crippen molar-refractivity contribution in [3.05, 3.63) is 34.7 Å². The second-order valence-corrected chi connectivity index (χ2v) is 5.23. The van der Waals surface area contributed by atoms with Gasteiger partial charge in [0.15, 0.2) is 0 Å². The summed E-state index contributed by atoms with van der Waals surface area (Å²) in [4.78, 5) is 7.54. The summed E-state index contributed by atoms with van der Waals surface area (Å²) in [7, 11) is 0. The van der Waals surface area contributed by atoms with E-state index in [1.54, 1.807) is 0 Å². The number of aromatic nitrogens is 1. The van der Waals surface area contributed by atoms with Crippen LogP contribution in [-0.4, -0.2) is 17.7 Å². The molecule has 0 aromatic carbocycles. The van der Waals surface area contributed by atoms with Gasteiger partial charge in [-0.1, -0.05) is 25.4 Å². The molecule has 1 heterocycles. The molecule has 3 nitrogen and oxygen atoms in total. The molecule has 0 amide bonds. The predicted octanol–water partition coefficient (Wildman–Crippen LogP) is 4.17. The van der Waals surface area contributed by atoms with E-state index in [0.29, 0.717) is 23.6 Å². The van der Waals surface area contributed by atoms with Crippen molar-refractivity contribution >= 4 is 23.4 Å². The first-order chi connectivity index (χ1) is 9.75. The normalized spacial score (nSPS) is 13.4. The van der Waals surface area contributed by atoms with E-state index in [1.807, 2.05) is 0 Å². The smallest absolute Gasteiger partial charge is 0.404 e. The molecule has 0 aliphatic carbocycles. The van der Waals surface area contributed by atoms with Gasteiger partial charge in [-0.15, -0.1) is 0 Å². The van der Waals surface area contributed by atoms with E-state index in [0.717, 1.165) is 12.5 Å². The molecule has 0 bridgehead atoms. The molecular formula is C14H17ClF3N3. The highest BCUT2D eigenvalue weighted by atomic mass is 35.5. The lowest BCUT2D eigenvalue weighted by Crippen LogP contribution is -2.08. The van der Waals surface area contributed by atoms with Crippen molar-refractivity contribution in [3.8, 4) is 0 Å². The highest BCUT2D eigenvalue weighted by Gasteiger charge is 2.33. The molecule has 0 saturated heterocycles. The van der Waals surface area contributed by atoms with E-state index in [4.69, 9.17) is 17.3 Å². The van der Waals surface area contributed by atoms with Crippen molar-refractivity contribution in [3.63, 3.8) is 0 Å². The maximum Gasteiger partial charge on any atom is 0.433 e. The Balaban J connectivity index is 2.93. The van der Waals surface area contributed by atoms with E-state index >= 15 is 0 Å². The van der Waals surface area contributed by atoms with Crippen molar-refractivity contribution < 1.29 is 13.2 Å². The molecule has 0 saturated carbocycles. The molecule has 0 atom stereocenters. The fourth-order valence-electron chi connectivity index (χ4n) is 1.51. The molecule has 0 aliphatic heterocycles. The second kappa shape index (κ2) is 7.45. The van der Waals surface area contributed by atoms with Crippen LogP contribution in [0.4, 0.5) is 13.2 Å². The monoisotopic (exact) mass is 319 g/mol. The van der Waals surface area contributed by atoms with Gasteiger partial charge in [0.2, 0.25) is 0 Å². The van der Waals surface area contributed by atoms with Crippen LogP contribution in [0.3, 0.4) is 0 Å². The lowest BCUT2D eigenvalue weighted by Gasteiger charge is -2.09. The molecule has 0 spiro atoms. The minimum atomic E-state index is -4.53. The molecule has 0 aliphatic rings. The number of aliphatic imine (C=N–C) groups is 1. The lowest BCUT2D eigenvalue weighted by molar-refractivity contribution is -0.141. The zero-order chi connectivity index (χ0) is 16.0. The Labute approximate surface area is 126 Å². The minimum Gasteiger partial charge on any atom is -0.404 e. The maximum absolute atomic E-state index is 12.5. The van der Waals surface area contributed by atoms with Gasteiger partial charge in [0.25, 0.3) is 0 Å². The maximum atomic E-state index is 12.5. The van der Waals surface area contributed by atoms with Crippen LogP contribution in [-0.2, 0) is 6.18 Å². The molecule has 1 aromatic heterocycles. The quantitative estimate of drug-likeness (QED) is 0.654. The van der Waals surface area contributed by atoms with Crippen LogP contribution in [0.1, 0.15) is 31.5 Å². The van der Waals surface area contributed by atoms with Gasteiger partial charge in [-0.05, 0) is 24.5 Å². The third-order valence-corrected chi connectivity index (χ3v) is 2.98. The molecule has 1 rings (SSSR count). The summed E-state index contributed by atoms with van der Waals surface area (Å²) in [5.41, 5.74) is 5.20. The number of alkyl halides is 3. The van der Waals surface area contributed by atoms with Crippen LogP contribution in [0.15, 0.2) is 23.3 Å². The van der Waals surface area contributed by atoms with Crippen molar-refractivity contribution in [1.82, 2.24) is 4.98 Å². The van der Waals surface area contributed by atoms with Gasteiger partial charge in [-0.3, -0.25) is 4.99 Å². The van der Waals surface area contributed by atoms with Gasteiger partial charge in [-0.2, -0.15) is 13.2 Å². The van der Waals surface area contributed by atoms with Gasteiger partial charge >= 0.3 is 6.18 Å². The molecule has 116 valence electrons. The Morgan fingerprint density at radius 1 is 1.43 bits per heavy atom. The number of nitrogens with zero attached hydrogens (tertiary/aromatic N) is 2. The molecule has 2 N–H and O–H groups in total. The van der Waals surface area contributed by atoms with E-state index in [2.05, 4.69) is 23.8 Å². The Bertz CT molecular complexity index is 537. The Kier molecular flexibility index (Phi) is 6.20. The average Bonchev–Trinajstić information content (AvgIpc) is 2.38. The first-order valence-electron chi connectivity index (χ1n) is 6.41. The first-order valence-corrected chi connectivity index (χ1v) is 6.79. The van der Waals surface area contributed by atoms with Crippen molar-refractivity contribution in [1.29, 1.82) is 0 Å². The molecule has 21 heavy (non-hydrogen) atoms. The Hall–Kier alpha value is -1.56. The molecular weight excluding hydrogens is 303 g/mol. The van der Waals surface area contributed by atoms with Crippen LogP contribution in [0.5, 0.6) is 0 Å². The summed E-state index contributed by atoms with van der Waals surface area (Å²) >= 11 is 5.80. The summed E-state index contributed by atoms with van der Waals surface area (Å²) in [5, 5.41) is -0.253. The summed E-state index contributed by atoms with van der Waals surface area (Å²) < 4.78 is 37.6. The fourth-order valence-corrected chi connectivity index (χ4v) is 1.77. The van der Waals surface area contributed by atoms with E-state index in [1.165, 1.54) is 18.5 Å². The zero-order valence-corrected chi connectivity index (χ0v) is 12.5. The molecule has 0 radical (unpaired) electrons. The van der Waals surface area contributed by atoms with Crippen LogP contribution in [0.2, 0.25) is 5.15 Å². The van der Waals surface area contributed by atoms with E-state index in [-0.39, 0.29) is 5.15 Å². The number of halogens is 4. The largest absolute Gasteiger partial charge is 0.433 e. The topological polar surface area (TPSA) is 51.3 Å². The van der Waals surface area contributed by atoms with Crippen LogP contribution in [0.25, 0.3) is 5.57 Å². The average molecular weight is 320 g/mol. The van der Waals surface area contributed by atoms with Gasteiger partial charge in [0.1, 0.15) is 10.8 Å². The van der Waals surface area contributed by atoms with E-state index in [9.17, 15) is 13.2 Å². The van der Waals surface area contributed by atoms with Crippen molar-refractivity contribution in [2.75, 3.05) is 6.54 Å². The number of nitrogens with two attached hydrogens (primary N) is 1. The third kappa shape index (κ3) is 5.38. The third-order valence-electron chi connectivity index (χ3n) is 2.70. The van der Waals surface area contributed by atoms with Gasteiger partial charge < -0.3 is 5.73 Å². The summed E-state index contributed by atoms with van der Waals surface area (Å²) in [5.74, 6) is 0.517. The molecule has 1 aromatic rings. The number of pyridine rings is 1. The number of hydrogen-bond acceptors (Lipinski definition) is 3. The van der Waals surface area contributed by atoms with Gasteiger partial charge in [-0.25, -0.2) is 4.98 Å². The van der Waals surface area contributed by atoms with Gasteiger partial charge in [0.05, 0.1) is 0 Å². The molecule has 0 unspecified atom stereocenters. The second-order valence-electron chi connectivity index (χ2n) is 4.87. The number of hydrogen-bond donors (Lipinski definition) is 1. The summed E-state index contributed by atoms with van der Waals surface area (Å²) in [6.07, 6.45) is -0.874. The lowest BCUT2D eigenvalue weighted by atomic mass is 10.1. The van der Waals surface area contributed by atoms with Crippen LogP contribution < -0.4 is 5.73 Å². The highest BCUT2D eigenvalue weighted by molar-refractivity contribution is 6.32. The number of allylic oxidation sites excluding steroid dienone is 1. The Morgan fingerprint density at radius 3 is 2.57 bits per heavy atom. The summed E-state index contributed by atoms with van der Waals surface area (Å²) in [6.45, 7) is 4.76. The van der Waals surface area contributed by atoms with E-state index < -0.39 is 11.9 Å². The summed E-state index contributed by atoms with van der Waals surface area (Å²) in [6, 6.07) is 2.11. The highest BCUT2D eigenvalue weighted by Crippen LogP contribution is 2.30. The van der Waals surface area contributed by atoms with Crippen LogP contribution in [0, 0.1) is 5.92 Å².